The van der Waals surface area contributed by atoms with E-state index in [9.17, 15) is 14.4 Å². The van der Waals surface area contributed by atoms with Crippen LogP contribution in [0.3, 0.4) is 0 Å². The van der Waals surface area contributed by atoms with Crippen LogP contribution in [0.25, 0.3) is 0 Å². The number of aliphatic carboxylic acids is 2. The Labute approximate surface area is 105 Å². The van der Waals surface area contributed by atoms with Crippen molar-refractivity contribution in [3.8, 4) is 0 Å². The fourth-order valence-electron chi connectivity index (χ4n) is 1.31. The van der Waals surface area contributed by atoms with Gasteiger partial charge >= 0.3 is 11.9 Å². The van der Waals surface area contributed by atoms with E-state index in [-0.39, 0.29) is 18.8 Å². The second kappa shape index (κ2) is 7.65. The van der Waals surface area contributed by atoms with Gasteiger partial charge in [0.1, 0.15) is 6.04 Å². The average molecular weight is 260 g/mol. The van der Waals surface area contributed by atoms with Crippen LogP contribution in [0.5, 0.6) is 0 Å². The van der Waals surface area contributed by atoms with E-state index in [0.717, 1.165) is 0 Å². The van der Waals surface area contributed by atoms with E-state index in [1.165, 1.54) is 0 Å². The lowest BCUT2D eigenvalue weighted by Gasteiger charge is -2.20. The van der Waals surface area contributed by atoms with Gasteiger partial charge in [0.05, 0.1) is 6.04 Å². The largest absolute Gasteiger partial charge is 0.481 e. The highest BCUT2D eigenvalue weighted by Gasteiger charge is 2.25. The van der Waals surface area contributed by atoms with Gasteiger partial charge < -0.3 is 21.3 Å². The third kappa shape index (κ3) is 5.62. The normalized spacial score (nSPS) is 15.5. The molecule has 0 saturated heterocycles. The van der Waals surface area contributed by atoms with Crippen molar-refractivity contribution in [2.24, 2.45) is 11.7 Å². The molecule has 0 rings (SSSR count). The lowest BCUT2D eigenvalue weighted by Crippen LogP contribution is -2.50. The quantitative estimate of drug-likeness (QED) is 0.478. The predicted molar refractivity (Wildman–Crippen MR) is 63.9 cm³/mol. The monoisotopic (exact) mass is 260 g/mol. The molecule has 18 heavy (non-hydrogen) atoms. The summed E-state index contributed by atoms with van der Waals surface area (Å²) >= 11 is 0. The number of nitrogens with one attached hydrogen (secondary N) is 1. The van der Waals surface area contributed by atoms with Crippen LogP contribution in [0.15, 0.2) is 0 Å². The molecule has 7 heteroatoms. The summed E-state index contributed by atoms with van der Waals surface area (Å²) in [6, 6.07) is -2.01. The first-order chi connectivity index (χ1) is 8.29. The van der Waals surface area contributed by atoms with Crippen LogP contribution in [0.4, 0.5) is 0 Å². The van der Waals surface area contributed by atoms with E-state index in [1.807, 2.05) is 6.92 Å². The second-order valence-corrected chi connectivity index (χ2v) is 4.24. The van der Waals surface area contributed by atoms with Gasteiger partial charge in [-0.2, -0.15) is 0 Å². The average Bonchev–Trinajstić information content (AvgIpc) is 2.31. The number of carboxylic acid groups (broad SMARTS) is 2. The Balaban J connectivity index is 4.45. The molecule has 0 aliphatic carbocycles. The van der Waals surface area contributed by atoms with Crippen LogP contribution < -0.4 is 11.1 Å². The Morgan fingerprint density at radius 3 is 2.22 bits per heavy atom. The Bertz CT molecular complexity index is 319. The Morgan fingerprint density at radius 2 is 1.83 bits per heavy atom. The summed E-state index contributed by atoms with van der Waals surface area (Å²) in [5, 5.41) is 19.6. The molecule has 3 atom stereocenters. The molecule has 0 aromatic heterocycles. The van der Waals surface area contributed by atoms with Crippen molar-refractivity contribution in [2.45, 2.75) is 45.2 Å². The summed E-state index contributed by atoms with van der Waals surface area (Å²) in [7, 11) is 0. The molecule has 0 saturated carbocycles. The molecule has 0 bridgehead atoms. The van der Waals surface area contributed by atoms with Gasteiger partial charge in [-0.25, -0.2) is 4.79 Å². The third-order valence-electron chi connectivity index (χ3n) is 2.82. The second-order valence-electron chi connectivity index (χ2n) is 4.24. The van der Waals surface area contributed by atoms with Crippen LogP contribution in [-0.4, -0.2) is 40.1 Å². The van der Waals surface area contributed by atoms with Crippen molar-refractivity contribution in [3.63, 3.8) is 0 Å². The number of nitrogens with two attached hydrogens (primary N) is 1. The van der Waals surface area contributed by atoms with Gasteiger partial charge in [-0.15, -0.1) is 0 Å². The lowest BCUT2D eigenvalue weighted by atomic mass is 9.99. The highest BCUT2D eigenvalue weighted by molar-refractivity contribution is 5.87. The molecule has 7 nitrogen and oxygen atoms in total. The van der Waals surface area contributed by atoms with Gasteiger partial charge in [0.2, 0.25) is 5.91 Å². The number of carboxylic acids is 2. The molecule has 0 aromatic carbocycles. The van der Waals surface area contributed by atoms with E-state index in [0.29, 0.717) is 6.42 Å². The number of rotatable bonds is 8. The molecule has 5 N–H and O–H groups in total. The molecular formula is C11H20N2O5. The zero-order valence-electron chi connectivity index (χ0n) is 10.5. The van der Waals surface area contributed by atoms with E-state index < -0.39 is 29.9 Å². The van der Waals surface area contributed by atoms with Crippen molar-refractivity contribution in [2.75, 3.05) is 0 Å². The van der Waals surface area contributed by atoms with Crippen molar-refractivity contribution in [1.82, 2.24) is 5.32 Å². The Hall–Kier alpha value is -1.63. The third-order valence-corrected chi connectivity index (χ3v) is 2.82. The molecule has 0 fully saturated rings. The van der Waals surface area contributed by atoms with Gasteiger partial charge in [-0.3, -0.25) is 9.59 Å². The van der Waals surface area contributed by atoms with Gasteiger partial charge in [0.15, 0.2) is 0 Å². The molecule has 0 aliphatic rings. The number of carbonyl (C=O) groups excluding carboxylic acids is 1. The minimum Gasteiger partial charge on any atom is -0.481 e. The van der Waals surface area contributed by atoms with Gasteiger partial charge in [0.25, 0.3) is 0 Å². The summed E-state index contributed by atoms with van der Waals surface area (Å²) in [4.78, 5) is 32.9. The van der Waals surface area contributed by atoms with Gasteiger partial charge in [0, 0.05) is 6.42 Å². The van der Waals surface area contributed by atoms with E-state index in [1.54, 1.807) is 6.92 Å². The van der Waals surface area contributed by atoms with E-state index >= 15 is 0 Å². The zero-order valence-corrected chi connectivity index (χ0v) is 10.5. The van der Waals surface area contributed by atoms with Crippen LogP contribution in [0.1, 0.15) is 33.1 Å². The number of carbonyl (C=O) groups is 3. The molecule has 104 valence electrons. The Morgan fingerprint density at radius 1 is 1.28 bits per heavy atom. The fourth-order valence-corrected chi connectivity index (χ4v) is 1.31. The first-order valence-corrected chi connectivity index (χ1v) is 5.80. The SMILES string of the molecule is CCC(C)C(N)C(=O)NC(CCC(=O)O)C(=O)O. The predicted octanol–water partition coefficient (Wildman–Crippen LogP) is -0.206. The highest BCUT2D eigenvalue weighted by Crippen LogP contribution is 2.06. The first-order valence-electron chi connectivity index (χ1n) is 5.80. The van der Waals surface area contributed by atoms with Crippen LogP contribution in [-0.2, 0) is 14.4 Å². The van der Waals surface area contributed by atoms with Crippen LogP contribution in [0, 0.1) is 5.92 Å². The molecule has 0 heterocycles. The van der Waals surface area contributed by atoms with Crippen molar-refractivity contribution < 1.29 is 24.6 Å². The number of hydrogen-bond acceptors (Lipinski definition) is 4. The number of hydrogen-bond donors (Lipinski definition) is 4. The first kappa shape index (κ1) is 16.4. The summed E-state index contributed by atoms with van der Waals surface area (Å²) in [5.41, 5.74) is 5.65. The molecule has 3 unspecified atom stereocenters. The van der Waals surface area contributed by atoms with Crippen molar-refractivity contribution in [1.29, 1.82) is 0 Å². The highest BCUT2D eigenvalue weighted by atomic mass is 16.4. The molecule has 0 spiro atoms. The lowest BCUT2D eigenvalue weighted by molar-refractivity contribution is -0.143. The fraction of sp³-hybridized carbons (Fsp3) is 0.727. The van der Waals surface area contributed by atoms with Crippen molar-refractivity contribution in [3.05, 3.63) is 0 Å². The minimum atomic E-state index is -1.26. The standard InChI is InChI=1S/C11H20N2O5/c1-3-6(2)9(12)10(16)13-7(11(17)18)4-5-8(14)15/h6-7,9H,3-5,12H2,1-2H3,(H,13,16)(H,14,15)(H,17,18). The minimum absolute atomic E-state index is 0.0704. The molecule has 0 radical (unpaired) electrons. The summed E-state index contributed by atoms with van der Waals surface area (Å²) in [6.07, 6.45) is 0.209. The van der Waals surface area contributed by atoms with Crippen LogP contribution >= 0.6 is 0 Å². The van der Waals surface area contributed by atoms with Gasteiger partial charge in [-0.1, -0.05) is 20.3 Å². The summed E-state index contributed by atoms with van der Waals surface area (Å²) in [6.45, 7) is 3.66. The molecule has 0 aliphatic heterocycles. The zero-order chi connectivity index (χ0) is 14.3. The number of amides is 1. The maximum absolute atomic E-state index is 11.7. The molecule has 1 amide bonds. The van der Waals surface area contributed by atoms with Crippen LogP contribution in [0.2, 0.25) is 0 Å². The Kier molecular flexibility index (Phi) is 6.96. The topological polar surface area (TPSA) is 130 Å². The van der Waals surface area contributed by atoms with E-state index in [4.69, 9.17) is 15.9 Å². The summed E-state index contributed by atoms with van der Waals surface area (Å²) in [5.74, 6) is -3.01. The molecule has 0 aromatic rings. The summed E-state index contributed by atoms with van der Waals surface area (Å²) < 4.78 is 0. The maximum atomic E-state index is 11.7. The maximum Gasteiger partial charge on any atom is 0.326 e. The molecular weight excluding hydrogens is 240 g/mol. The smallest absolute Gasteiger partial charge is 0.326 e. The van der Waals surface area contributed by atoms with Crippen molar-refractivity contribution >= 4 is 17.8 Å². The van der Waals surface area contributed by atoms with E-state index in [2.05, 4.69) is 5.32 Å². The van der Waals surface area contributed by atoms with Gasteiger partial charge in [-0.05, 0) is 12.3 Å².